The smallest absolute Gasteiger partial charge is 0.255 e. The Morgan fingerprint density at radius 2 is 2.19 bits per heavy atom. The predicted octanol–water partition coefficient (Wildman–Crippen LogP) is 0.982. The van der Waals surface area contributed by atoms with Crippen LogP contribution < -0.4 is 15.8 Å². The van der Waals surface area contributed by atoms with E-state index in [2.05, 4.69) is 17.1 Å². The van der Waals surface area contributed by atoms with Crippen molar-refractivity contribution in [3.8, 4) is 5.75 Å². The first-order valence-electron chi connectivity index (χ1n) is 7.60. The number of ether oxygens (including phenoxy) is 1. The molecule has 0 bridgehead atoms. The normalized spacial score (nSPS) is 18.8. The Morgan fingerprint density at radius 1 is 1.43 bits per heavy atom. The molecule has 1 fully saturated rings. The number of amides is 1. The topological polar surface area (TPSA) is 67.6 Å². The minimum absolute atomic E-state index is 0.0762. The molecule has 0 saturated carbocycles. The lowest BCUT2D eigenvalue weighted by molar-refractivity contribution is -0.119. The maximum Gasteiger partial charge on any atom is 0.255 e. The van der Waals surface area contributed by atoms with E-state index in [0.717, 1.165) is 25.6 Å². The summed E-state index contributed by atoms with van der Waals surface area (Å²) in [6.45, 7) is 7.67. The quantitative estimate of drug-likeness (QED) is 0.749. The number of benzene rings is 1. The van der Waals surface area contributed by atoms with Crippen molar-refractivity contribution >= 4 is 5.91 Å². The maximum absolute atomic E-state index is 10.6. The fourth-order valence-electron chi connectivity index (χ4n) is 2.65. The highest BCUT2D eigenvalue weighted by molar-refractivity contribution is 5.75. The van der Waals surface area contributed by atoms with Gasteiger partial charge in [0, 0.05) is 13.1 Å². The fraction of sp³-hybridized carbons (Fsp3) is 0.562. The van der Waals surface area contributed by atoms with Crippen LogP contribution in [0.15, 0.2) is 24.3 Å². The van der Waals surface area contributed by atoms with E-state index in [1.807, 2.05) is 24.3 Å². The van der Waals surface area contributed by atoms with Crippen LogP contribution in [0.3, 0.4) is 0 Å². The van der Waals surface area contributed by atoms with Crippen molar-refractivity contribution in [1.82, 2.24) is 10.2 Å². The molecule has 0 aromatic heterocycles. The van der Waals surface area contributed by atoms with Crippen LogP contribution >= 0.6 is 0 Å². The van der Waals surface area contributed by atoms with Gasteiger partial charge in [-0.15, -0.1) is 0 Å². The molecule has 1 aliphatic heterocycles. The molecule has 21 heavy (non-hydrogen) atoms. The fourth-order valence-corrected chi connectivity index (χ4v) is 2.65. The third-order valence-electron chi connectivity index (χ3n) is 3.88. The molecule has 1 aromatic carbocycles. The third-order valence-corrected chi connectivity index (χ3v) is 3.88. The molecule has 1 aliphatic rings. The van der Waals surface area contributed by atoms with E-state index in [0.29, 0.717) is 5.75 Å². The van der Waals surface area contributed by atoms with Gasteiger partial charge >= 0.3 is 0 Å². The van der Waals surface area contributed by atoms with Crippen LogP contribution in [-0.2, 0) is 11.3 Å². The second-order valence-electron chi connectivity index (χ2n) is 5.58. The van der Waals surface area contributed by atoms with Crippen molar-refractivity contribution in [2.24, 2.45) is 11.7 Å². The molecule has 116 valence electrons. The van der Waals surface area contributed by atoms with Crippen molar-refractivity contribution in [3.05, 3.63) is 29.8 Å². The molecule has 1 unspecified atom stereocenters. The van der Waals surface area contributed by atoms with Gasteiger partial charge in [-0.25, -0.2) is 0 Å². The van der Waals surface area contributed by atoms with Crippen LogP contribution in [0.4, 0.5) is 0 Å². The number of nitrogens with two attached hydrogens (primary N) is 1. The van der Waals surface area contributed by atoms with Gasteiger partial charge in [0.15, 0.2) is 6.61 Å². The van der Waals surface area contributed by atoms with Gasteiger partial charge in [0.25, 0.3) is 5.91 Å². The Hall–Kier alpha value is -1.59. The van der Waals surface area contributed by atoms with Gasteiger partial charge in [-0.2, -0.15) is 0 Å². The second kappa shape index (κ2) is 8.00. The minimum atomic E-state index is -0.460. The first-order valence-corrected chi connectivity index (χ1v) is 7.60. The Morgan fingerprint density at radius 3 is 2.81 bits per heavy atom. The van der Waals surface area contributed by atoms with E-state index < -0.39 is 5.91 Å². The number of primary amides is 1. The average molecular weight is 291 g/mol. The lowest BCUT2D eigenvalue weighted by Crippen LogP contribution is -2.26. The molecule has 1 amide bonds. The van der Waals surface area contributed by atoms with E-state index in [-0.39, 0.29) is 6.61 Å². The molecule has 1 saturated heterocycles. The minimum Gasteiger partial charge on any atom is -0.484 e. The molecule has 2 rings (SSSR count). The Kier molecular flexibility index (Phi) is 6.02. The molecular weight excluding hydrogens is 266 g/mol. The van der Waals surface area contributed by atoms with Crippen LogP contribution in [0.5, 0.6) is 5.75 Å². The number of nitrogens with zero attached hydrogens (tertiary/aromatic N) is 1. The molecule has 5 heteroatoms. The number of rotatable bonds is 8. The maximum atomic E-state index is 10.6. The largest absolute Gasteiger partial charge is 0.484 e. The van der Waals surface area contributed by atoms with Crippen molar-refractivity contribution < 1.29 is 9.53 Å². The van der Waals surface area contributed by atoms with Gasteiger partial charge in [0.1, 0.15) is 5.75 Å². The summed E-state index contributed by atoms with van der Waals surface area (Å²) in [5, 5.41) is 3.52. The van der Waals surface area contributed by atoms with Gasteiger partial charge in [-0.1, -0.05) is 19.1 Å². The summed E-state index contributed by atoms with van der Waals surface area (Å²) in [5.41, 5.74) is 6.25. The van der Waals surface area contributed by atoms with Crippen molar-refractivity contribution in [3.63, 3.8) is 0 Å². The lowest BCUT2D eigenvalue weighted by atomic mass is 10.1. The average Bonchev–Trinajstić information content (AvgIpc) is 2.94. The summed E-state index contributed by atoms with van der Waals surface area (Å²) in [6.07, 6.45) is 1.29. The third kappa shape index (κ3) is 5.36. The van der Waals surface area contributed by atoms with Gasteiger partial charge < -0.3 is 20.7 Å². The Bertz CT molecular complexity index is 447. The van der Waals surface area contributed by atoms with Gasteiger partial charge in [0.05, 0.1) is 0 Å². The number of hydrogen-bond acceptors (Lipinski definition) is 4. The highest BCUT2D eigenvalue weighted by Gasteiger charge is 2.20. The predicted molar refractivity (Wildman–Crippen MR) is 83.1 cm³/mol. The highest BCUT2D eigenvalue weighted by atomic mass is 16.5. The molecule has 1 heterocycles. The Balaban J connectivity index is 1.68. The van der Waals surface area contributed by atoms with E-state index >= 15 is 0 Å². The first kappa shape index (κ1) is 15.8. The van der Waals surface area contributed by atoms with Gasteiger partial charge in [-0.05, 0) is 49.7 Å². The van der Waals surface area contributed by atoms with Gasteiger partial charge in [0.2, 0.25) is 0 Å². The zero-order chi connectivity index (χ0) is 15.1. The van der Waals surface area contributed by atoms with Crippen LogP contribution in [-0.4, -0.2) is 43.6 Å². The number of carbonyl (C=O) groups excluding carboxylic acids is 1. The molecule has 0 aliphatic carbocycles. The van der Waals surface area contributed by atoms with E-state index in [4.69, 9.17) is 10.5 Å². The standard InChI is InChI=1S/C16H25N3O2/c1-2-19-8-7-14(11-19)10-18-9-13-3-5-15(6-4-13)21-12-16(17)20/h3-6,14,18H,2,7-12H2,1H3,(H2,17,20). The zero-order valence-electron chi connectivity index (χ0n) is 12.7. The molecule has 5 nitrogen and oxygen atoms in total. The number of hydrogen-bond donors (Lipinski definition) is 2. The lowest BCUT2D eigenvalue weighted by Gasteiger charge is -2.14. The first-order chi connectivity index (χ1) is 10.2. The monoisotopic (exact) mass is 291 g/mol. The van der Waals surface area contributed by atoms with Crippen molar-refractivity contribution in [2.45, 2.75) is 19.9 Å². The van der Waals surface area contributed by atoms with Crippen molar-refractivity contribution in [2.75, 3.05) is 32.8 Å². The molecule has 1 aromatic rings. The second-order valence-corrected chi connectivity index (χ2v) is 5.58. The summed E-state index contributed by atoms with van der Waals surface area (Å²) < 4.78 is 5.23. The number of carbonyl (C=O) groups is 1. The molecule has 0 radical (unpaired) electrons. The summed E-state index contributed by atoms with van der Waals surface area (Å²) in [5.74, 6) is 0.980. The summed E-state index contributed by atoms with van der Waals surface area (Å²) in [7, 11) is 0. The summed E-state index contributed by atoms with van der Waals surface area (Å²) >= 11 is 0. The molecule has 0 spiro atoms. The molecule has 3 N–H and O–H groups in total. The summed E-state index contributed by atoms with van der Waals surface area (Å²) in [4.78, 5) is 13.1. The van der Waals surface area contributed by atoms with Gasteiger partial charge in [-0.3, -0.25) is 4.79 Å². The Labute approximate surface area is 126 Å². The molecule has 1 atom stereocenters. The number of likely N-dealkylation sites (tertiary alicyclic amines) is 1. The van der Waals surface area contributed by atoms with E-state index in [1.54, 1.807) is 0 Å². The SMILES string of the molecule is CCN1CCC(CNCc2ccc(OCC(N)=O)cc2)C1. The van der Waals surface area contributed by atoms with E-state index in [1.165, 1.54) is 25.1 Å². The zero-order valence-corrected chi connectivity index (χ0v) is 12.7. The van der Waals surface area contributed by atoms with Crippen molar-refractivity contribution in [1.29, 1.82) is 0 Å². The highest BCUT2D eigenvalue weighted by Crippen LogP contribution is 2.15. The van der Waals surface area contributed by atoms with E-state index in [9.17, 15) is 4.79 Å². The van der Waals surface area contributed by atoms with Crippen LogP contribution in [0, 0.1) is 5.92 Å². The number of nitrogens with one attached hydrogen (secondary N) is 1. The van der Waals surface area contributed by atoms with Crippen LogP contribution in [0.25, 0.3) is 0 Å². The van der Waals surface area contributed by atoms with Crippen LogP contribution in [0.2, 0.25) is 0 Å². The summed E-state index contributed by atoms with van der Waals surface area (Å²) in [6, 6.07) is 7.76. The van der Waals surface area contributed by atoms with Crippen LogP contribution in [0.1, 0.15) is 18.9 Å². The molecular formula is C16H25N3O2.